The van der Waals surface area contributed by atoms with E-state index in [2.05, 4.69) is 38.2 Å². The van der Waals surface area contributed by atoms with Crippen molar-refractivity contribution in [1.82, 2.24) is 5.32 Å². The second-order valence-corrected chi connectivity index (χ2v) is 9.94. The van der Waals surface area contributed by atoms with Crippen LogP contribution in [-0.2, 0) is 11.3 Å². The Hall–Kier alpha value is -1.31. The van der Waals surface area contributed by atoms with Crippen molar-refractivity contribution in [3.05, 3.63) is 35.9 Å². The van der Waals surface area contributed by atoms with Gasteiger partial charge in [0.05, 0.1) is 5.41 Å². The molecule has 4 aliphatic carbocycles. The lowest BCUT2D eigenvalue weighted by Crippen LogP contribution is -2.62. The highest BCUT2D eigenvalue weighted by Gasteiger charge is 2.66. The van der Waals surface area contributed by atoms with Gasteiger partial charge in [-0.25, -0.2) is 0 Å². The number of carbonyl (C=O) groups is 1. The number of hydrogen-bond donors (Lipinski definition) is 1. The highest BCUT2D eigenvalue weighted by atomic mass is 16.2. The minimum absolute atomic E-state index is 0.123. The summed E-state index contributed by atoms with van der Waals surface area (Å²) in [6.45, 7) is 7.95. The van der Waals surface area contributed by atoms with Crippen molar-refractivity contribution in [3.8, 4) is 0 Å². The first kappa shape index (κ1) is 15.2. The molecule has 0 saturated heterocycles. The third kappa shape index (κ3) is 2.51. The summed E-state index contributed by atoms with van der Waals surface area (Å²) in [6.07, 6.45) is 7.19. The molecule has 0 atom stereocenters. The molecule has 0 spiro atoms. The third-order valence-electron chi connectivity index (χ3n) is 6.63. The molecule has 124 valence electrons. The largest absolute Gasteiger partial charge is 0.352 e. The van der Waals surface area contributed by atoms with Crippen molar-refractivity contribution in [1.29, 1.82) is 0 Å². The summed E-state index contributed by atoms with van der Waals surface area (Å²) in [5.74, 6) is 0.309. The van der Waals surface area contributed by atoms with Crippen LogP contribution in [0, 0.1) is 21.7 Å². The van der Waals surface area contributed by atoms with E-state index in [1.807, 2.05) is 18.2 Å². The maximum Gasteiger partial charge on any atom is 0.226 e. The molecule has 2 heteroatoms. The van der Waals surface area contributed by atoms with Gasteiger partial charge in [0, 0.05) is 6.54 Å². The van der Waals surface area contributed by atoms with Gasteiger partial charge in [0.2, 0.25) is 5.91 Å². The zero-order chi connectivity index (χ0) is 16.3. The predicted molar refractivity (Wildman–Crippen MR) is 92.7 cm³/mol. The Morgan fingerprint density at radius 1 is 0.870 bits per heavy atom. The fraction of sp³-hybridized carbons (Fsp3) is 0.667. The number of carbonyl (C=O) groups excluding carboxylic acids is 1. The molecule has 4 bridgehead atoms. The number of nitrogens with one attached hydrogen (secondary N) is 1. The van der Waals surface area contributed by atoms with E-state index in [1.165, 1.54) is 24.8 Å². The molecule has 0 aromatic heterocycles. The molecule has 2 nitrogen and oxygen atoms in total. The summed E-state index contributed by atoms with van der Waals surface area (Å²) < 4.78 is 0. The Kier molecular flexibility index (Phi) is 3.06. The molecule has 0 unspecified atom stereocenters. The Morgan fingerprint density at radius 2 is 1.35 bits per heavy atom. The van der Waals surface area contributed by atoms with Crippen LogP contribution in [0.4, 0.5) is 0 Å². The van der Waals surface area contributed by atoms with Crippen molar-refractivity contribution in [3.63, 3.8) is 0 Å². The maximum atomic E-state index is 13.2. The second kappa shape index (κ2) is 4.62. The van der Waals surface area contributed by atoms with Gasteiger partial charge in [0.1, 0.15) is 0 Å². The lowest BCUT2D eigenvalue weighted by Gasteiger charge is -2.68. The van der Waals surface area contributed by atoms with E-state index >= 15 is 0 Å². The van der Waals surface area contributed by atoms with Crippen LogP contribution in [-0.4, -0.2) is 5.91 Å². The van der Waals surface area contributed by atoms with Gasteiger partial charge in [-0.2, -0.15) is 0 Å². The summed E-state index contributed by atoms with van der Waals surface area (Å²) in [7, 11) is 0. The van der Waals surface area contributed by atoms with E-state index in [9.17, 15) is 4.79 Å². The summed E-state index contributed by atoms with van der Waals surface area (Å²) in [4.78, 5) is 13.2. The summed E-state index contributed by atoms with van der Waals surface area (Å²) in [6, 6.07) is 10.3. The molecule has 1 aromatic carbocycles. The fourth-order valence-electron chi connectivity index (χ4n) is 7.50. The van der Waals surface area contributed by atoms with Gasteiger partial charge < -0.3 is 5.32 Å². The molecular weight excluding hydrogens is 282 g/mol. The SMILES string of the molecule is CC12CC3(C)CC(C)(C1)CC(C(=O)NCc1ccccc1)(C2)C3. The average Bonchev–Trinajstić information content (AvgIpc) is 2.40. The van der Waals surface area contributed by atoms with Gasteiger partial charge in [-0.05, 0) is 60.3 Å². The first-order valence-corrected chi connectivity index (χ1v) is 9.06. The first-order chi connectivity index (χ1) is 10.7. The number of benzene rings is 1. The molecule has 1 amide bonds. The van der Waals surface area contributed by atoms with Crippen molar-refractivity contribution >= 4 is 5.91 Å². The van der Waals surface area contributed by atoms with Crippen molar-refractivity contribution < 1.29 is 4.79 Å². The monoisotopic (exact) mass is 311 g/mol. The Balaban J connectivity index is 1.57. The van der Waals surface area contributed by atoms with E-state index < -0.39 is 0 Å². The van der Waals surface area contributed by atoms with Crippen molar-refractivity contribution in [2.24, 2.45) is 21.7 Å². The summed E-state index contributed by atoms with van der Waals surface area (Å²) in [5.41, 5.74) is 2.16. The average molecular weight is 311 g/mol. The smallest absolute Gasteiger partial charge is 0.226 e. The highest BCUT2D eigenvalue weighted by molar-refractivity contribution is 5.83. The lowest BCUT2D eigenvalue weighted by atomic mass is 9.36. The highest BCUT2D eigenvalue weighted by Crippen LogP contribution is 2.73. The van der Waals surface area contributed by atoms with Crippen LogP contribution in [0.5, 0.6) is 0 Å². The van der Waals surface area contributed by atoms with Crippen LogP contribution in [0.3, 0.4) is 0 Å². The van der Waals surface area contributed by atoms with Gasteiger partial charge in [-0.3, -0.25) is 4.79 Å². The minimum atomic E-state index is -0.123. The molecule has 5 rings (SSSR count). The van der Waals surface area contributed by atoms with Crippen LogP contribution in [0.1, 0.15) is 64.9 Å². The number of hydrogen-bond acceptors (Lipinski definition) is 1. The minimum Gasteiger partial charge on any atom is -0.352 e. The van der Waals surface area contributed by atoms with E-state index in [1.54, 1.807) is 0 Å². The zero-order valence-corrected chi connectivity index (χ0v) is 14.7. The van der Waals surface area contributed by atoms with Crippen LogP contribution in [0.2, 0.25) is 0 Å². The summed E-state index contributed by atoms with van der Waals surface area (Å²) >= 11 is 0. The van der Waals surface area contributed by atoms with Crippen LogP contribution >= 0.6 is 0 Å². The normalized spacial score (nSPS) is 44.3. The molecule has 4 aliphatic rings. The van der Waals surface area contributed by atoms with Crippen LogP contribution in [0.25, 0.3) is 0 Å². The van der Waals surface area contributed by atoms with Crippen molar-refractivity contribution in [2.75, 3.05) is 0 Å². The molecule has 1 aromatic rings. The third-order valence-corrected chi connectivity index (χ3v) is 6.63. The lowest BCUT2D eigenvalue weighted by molar-refractivity contribution is -0.191. The van der Waals surface area contributed by atoms with Crippen molar-refractivity contribution in [2.45, 2.75) is 65.8 Å². The molecule has 0 aliphatic heterocycles. The molecule has 1 N–H and O–H groups in total. The number of amides is 1. The summed E-state index contributed by atoms with van der Waals surface area (Å²) in [5, 5.41) is 3.27. The molecule has 0 radical (unpaired) electrons. The Bertz CT molecular complexity index is 581. The zero-order valence-electron chi connectivity index (χ0n) is 14.7. The Morgan fingerprint density at radius 3 is 1.83 bits per heavy atom. The van der Waals surface area contributed by atoms with E-state index in [4.69, 9.17) is 0 Å². The predicted octanol–water partition coefficient (Wildman–Crippen LogP) is 4.69. The van der Waals surface area contributed by atoms with Gasteiger partial charge in [0.25, 0.3) is 0 Å². The maximum absolute atomic E-state index is 13.2. The van der Waals surface area contributed by atoms with Gasteiger partial charge in [0.15, 0.2) is 0 Å². The van der Waals surface area contributed by atoms with Gasteiger partial charge in [-0.15, -0.1) is 0 Å². The standard InChI is InChI=1S/C21H29NO/c1-18-10-19(2)12-20(3,11-18)15-21(13-18,14-19)17(23)22-9-16-7-5-4-6-8-16/h4-8H,9-15H2,1-3H3,(H,22,23). The van der Waals surface area contributed by atoms with E-state index in [0.717, 1.165) is 19.3 Å². The second-order valence-electron chi connectivity index (χ2n) is 9.94. The van der Waals surface area contributed by atoms with Crippen LogP contribution in [0.15, 0.2) is 30.3 Å². The van der Waals surface area contributed by atoms with Gasteiger partial charge >= 0.3 is 0 Å². The van der Waals surface area contributed by atoms with E-state index in [-0.39, 0.29) is 5.41 Å². The molecule has 4 saturated carbocycles. The number of rotatable bonds is 3. The molecular formula is C21H29NO. The molecule has 4 fully saturated rings. The molecule has 0 heterocycles. The quantitative estimate of drug-likeness (QED) is 0.862. The molecule has 23 heavy (non-hydrogen) atoms. The Labute approximate surface area is 140 Å². The van der Waals surface area contributed by atoms with Crippen LogP contribution < -0.4 is 5.32 Å². The first-order valence-electron chi connectivity index (χ1n) is 9.06. The van der Waals surface area contributed by atoms with E-state index in [0.29, 0.717) is 28.7 Å². The topological polar surface area (TPSA) is 29.1 Å². The fourth-order valence-corrected chi connectivity index (χ4v) is 7.50. The van der Waals surface area contributed by atoms with Gasteiger partial charge in [-0.1, -0.05) is 51.1 Å².